The Morgan fingerprint density at radius 2 is 1.83 bits per heavy atom. The van der Waals surface area contributed by atoms with Gasteiger partial charge < -0.3 is 19.3 Å². The van der Waals surface area contributed by atoms with Gasteiger partial charge in [0, 0.05) is 18.6 Å². The molecule has 2 unspecified atom stereocenters. The number of hydrogen-bond acceptors (Lipinski definition) is 5. The van der Waals surface area contributed by atoms with Crippen LogP contribution in [0, 0.1) is 0 Å². The maximum absolute atomic E-state index is 10.2. The van der Waals surface area contributed by atoms with Crippen LogP contribution in [0.15, 0.2) is 24.3 Å². The zero-order valence-corrected chi connectivity index (χ0v) is 14.6. The van der Waals surface area contributed by atoms with E-state index in [4.69, 9.17) is 14.2 Å². The third-order valence-corrected chi connectivity index (χ3v) is 3.93. The summed E-state index contributed by atoms with van der Waals surface area (Å²) in [6, 6.07) is 8.42. The van der Waals surface area contributed by atoms with Gasteiger partial charge in [-0.2, -0.15) is 0 Å². The summed E-state index contributed by atoms with van der Waals surface area (Å²) in [5.74, 6) is 1.52. The van der Waals surface area contributed by atoms with Crippen molar-refractivity contribution in [3.8, 4) is 11.5 Å². The van der Waals surface area contributed by atoms with Crippen molar-refractivity contribution in [2.75, 3.05) is 26.4 Å². The van der Waals surface area contributed by atoms with Crippen molar-refractivity contribution in [2.24, 2.45) is 0 Å². The van der Waals surface area contributed by atoms with Gasteiger partial charge in [0.05, 0.1) is 19.3 Å². The van der Waals surface area contributed by atoms with Gasteiger partial charge in [-0.25, -0.2) is 0 Å². The molecule has 0 aliphatic carbocycles. The van der Waals surface area contributed by atoms with Crippen LogP contribution in [0.5, 0.6) is 11.5 Å². The van der Waals surface area contributed by atoms with Gasteiger partial charge in [0.25, 0.3) is 0 Å². The minimum absolute atomic E-state index is 0.136. The number of aliphatic hydroxyl groups excluding tert-OH is 1. The highest BCUT2D eigenvalue weighted by Gasteiger charge is 2.22. The monoisotopic (exact) mass is 323 g/mol. The van der Waals surface area contributed by atoms with E-state index in [1.807, 2.05) is 24.3 Å². The summed E-state index contributed by atoms with van der Waals surface area (Å²) in [6.07, 6.45) is -0.639. The maximum atomic E-state index is 10.2. The summed E-state index contributed by atoms with van der Waals surface area (Å²) in [7, 11) is 0. The van der Waals surface area contributed by atoms with E-state index in [9.17, 15) is 5.11 Å². The fraction of sp³-hybridized carbons (Fsp3) is 0.667. The molecule has 0 aromatic heterocycles. The lowest BCUT2D eigenvalue weighted by Gasteiger charge is -2.32. The van der Waals surface area contributed by atoms with Crippen LogP contribution < -0.4 is 9.47 Å². The first-order valence-electron chi connectivity index (χ1n) is 8.37. The molecule has 1 aliphatic heterocycles. The topological polar surface area (TPSA) is 51.2 Å². The van der Waals surface area contributed by atoms with E-state index in [1.165, 1.54) is 0 Å². The first kappa shape index (κ1) is 18.0. The number of aliphatic hydroxyl groups is 1. The van der Waals surface area contributed by atoms with Gasteiger partial charge in [-0.15, -0.1) is 0 Å². The van der Waals surface area contributed by atoms with Crippen molar-refractivity contribution in [3.05, 3.63) is 24.3 Å². The molecule has 1 aromatic carbocycles. The standard InChI is InChI=1S/C18H29NO4/c1-13(2)19(14(3)4)9-15(20)10-21-11-16-12-22-17-7-5-6-8-18(17)23-16/h5-8,13-16,20H,9-12H2,1-4H3. The van der Waals surface area contributed by atoms with Crippen LogP contribution in [0.1, 0.15) is 27.7 Å². The Morgan fingerprint density at radius 1 is 1.17 bits per heavy atom. The van der Waals surface area contributed by atoms with E-state index in [0.29, 0.717) is 38.4 Å². The van der Waals surface area contributed by atoms with Crippen molar-refractivity contribution >= 4 is 0 Å². The smallest absolute Gasteiger partial charge is 0.161 e. The van der Waals surface area contributed by atoms with Crippen molar-refractivity contribution in [1.82, 2.24) is 4.90 Å². The number of para-hydroxylation sites is 2. The molecule has 0 saturated carbocycles. The number of benzene rings is 1. The van der Waals surface area contributed by atoms with Crippen LogP contribution in [-0.2, 0) is 4.74 Å². The third-order valence-electron chi connectivity index (χ3n) is 3.93. The van der Waals surface area contributed by atoms with Crippen LogP contribution in [-0.4, -0.2) is 60.7 Å². The highest BCUT2D eigenvalue weighted by Crippen LogP contribution is 2.30. The Morgan fingerprint density at radius 3 is 2.48 bits per heavy atom. The lowest BCUT2D eigenvalue weighted by Crippen LogP contribution is -2.43. The normalized spacial score (nSPS) is 18.7. The number of fused-ring (bicyclic) bond motifs is 1. The fourth-order valence-electron chi connectivity index (χ4n) is 2.79. The molecule has 1 aromatic rings. The van der Waals surface area contributed by atoms with Crippen molar-refractivity contribution in [2.45, 2.75) is 52.0 Å². The van der Waals surface area contributed by atoms with Gasteiger partial charge in [0.2, 0.25) is 0 Å². The molecule has 5 heteroatoms. The molecule has 1 heterocycles. The Balaban J connectivity index is 1.71. The lowest BCUT2D eigenvalue weighted by molar-refractivity contribution is -0.0338. The lowest BCUT2D eigenvalue weighted by atomic mass is 10.2. The molecular formula is C18H29NO4. The molecule has 0 amide bonds. The molecule has 0 radical (unpaired) electrons. The SMILES string of the molecule is CC(C)N(CC(O)COCC1COc2ccccc2O1)C(C)C. The Hall–Kier alpha value is -1.30. The minimum Gasteiger partial charge on any atom is -0.486 e. The molecule has 1 N–H and O–H groups in total. The molecule has 0 saturated heterocycles. The summed E-state index contributed by atoms with van der Waals surface area (Å²) in [6.45, 7) is 10.3. The van der Waals surface area contributed by atoms with E-state index < -0.39 is 6.10 Å². The maximum Gasteiger partial charge on any atom is 0.161 e. The van der Waals surface area contributed by atoms with Crippen LogP contribution in [0.2, 0.25) is 0 Å². The van der Waals surface area contributed by atoms with Crippen LogP contribution in [0.25, 0.3) is 0 Å². The van der Waals surface area contributed by atoms with Gasteiger partial charge in [0.15, 0.2) is 17.6 Å². The second-order valence-electron chi connectivity index (χ2n) is 6.57. The van der Waals surface area contributed by atoms with Crippen molar-refractivity contribution in [1.29, 1.82) is 0 Å². The average Bonchev–Trinajstić information content (AvgIpc) is 2.52. The summed E-state index contributed by atoms with van der Waals surface area (Å²) in [5, 5.41) is 10.2. The molecule has 1 aliphatic rings. The number of nitrogens with zero attached hydrogens (tertiary/aromatic N) is 1. The zero-order valence-electron chi connectivity index (χ0n) is 14.6. The quantitative estimate of drug-likeness (QED) is 0.796. The minimum atomic E-state index is -0.503. The highest BCUT2D eigenvalue weighted by molar-refractivity contribution is 5.40. The molecule has 2 atom stereocenters. The van der Waals surface area contributed by atoms with Gasteiger partial charge in [0.1, 0.15) is 6.61 Å². The van der Waals surface area contributed by atoms with E-state index in [1.54, 1.807) is 0 Å². The van der Waals surface area contributed by atoms with Crippen LogP contribution in [0.4, 0.5) is 0 Å². The van der Waals surface area contributed by atoms with E-state index >= 15 is 0 Å². The number of rotatable bonds is 8. The van der Waals surface area contributed by atoms with Crippen molar-refractivity contribution in [3.63, 3.8) is 0 Å². The van der Waals surface area contributed by atoms with Crippen LogP contribution in [0.3, 0.4) is 0 Å². The molecule has 0 bridgehead atoms. The third kappa shape index (κ3) is 5.37. The molecule has 130 valence electrons. The predicted molar refractivity (Wildman–Crippen MR) is 90.2 cm³/mol. The van der Waals surface area contributed by atoms with Gasteiger partial charge in [-0.1, -0.05) is 12.1 Å². The second-order valence-corrected chi connectivity index (χ2v) is 6.57. The second kappa shape index (κ2) is 8.52. The van der Waals surface area contributed by atoms with Gasteiger partial charge in [-0.3, -0.25) is 4.90 Å². The average molecular weight is 323 g/mol. The molecule has 5 nitrogen and oxygen atoms in total. The molecule has 2 rings (SSSR count). The summed E-state index contributed by atoms with van der Waals surface area (Å²) >= 11 is 0. The van der Waals surface area contributed by atoms with Gasteiger partial charge >= 0.3 is 0 Å². The number of ether oxygens (including phenoxy) is 3. The number of hydrogen-bond donors (Lipinski definition) is 1. The van der Waals surface area contributed by atoms with Crippen LogP contribution >= 0.6 is 0 Å². The fourth-order valence-corrected chi connectivity index (χ4v) is 2.79. The largest absolute Gasteiger partial charge is 0.486 e. The van der Waals surface area contributed by atoms with Gasteiger partial charge in [-0.05, 0) is 39.8 Å². The summed E-state index contributed by atoms with van der Waals surface area (Å²) in [5.41, 5.74) is 0. The Kier molecular flexibility index (Phi) is 6.69. The molecule has 0 fully saturated rings. The van der Waals surface area contributed by atoms with E-state index in [2.05, 4.69) is 32.6 Å². The Bertz CT molecular complexity index is 470. The predicted octanol–water partition coefficient (Wildman–Crippen LogP) is 2.32. The van der Waals surface area contributed by atoms with Crippen molar-refractivity contribution < 1.29 is 19.3 Å². The highest BCUT2D eigenvalue weighted by atomic mass is 16.6. The summed E-state index contributed by atoms with van der Waals surface area (Å²) < 4.78 is 17.1. The van der Waals surface area contributed by atoms with E-state index in [0.717, 1.165) is 11.5 Å². The molecular weight excluding hydrogens is 294 g/mol. The summed E-state index contributed by atoms with van der Waals surface area (Å²) in [4.78, 5) is 2.25. The zero-order chi connectivity index (χ0) is 16.8. The molecule has 0 spiro atoms. The first-order valence-corrected chi connectivity index (χ1v) is 8.37. The Labute approximate surface area is 139 Å². The first-order chi connectivity index (χ1) is 11.0. The van der Waals surface area contributed by atoms with E-state index in [-0.39, 0.29) is 6.10 Å². The molecule has 23 heavy (non-hydrogen) atoms.